The molecule has 4 aromatic rings. The lowest BCUT2D eigenvalue weighted by atomic mass is 9.84. The number of likely N-dealkylation sites (tertiary alicyclic amines) is 1. The molecular formula is C25H26ClF2N7O2S. The Morgan fingerprint density at radius 3 is 2.74 bits per heavy atom. The highest BCUT2D eigenvalue weighted by molar-refractivity contribution is 7.16. The molecule has 200 valence electrons. The smallest absolute Gasteiger partial charge is 0.297 e. The van der Waals surface area contributed by atoms with Crippen LogP contribution in [0, 0.1) is 6.92 Å². The quantitative estimate of drug-likeness (QED) is 0.357. The average molecular weight is 562 g/mol. The Bertz CT molecular complexity index is 1400. The van der Waals surface area contributed by atoms with E-state index in [1.165, 1.54) is 23.7 Å². The van der Waals surface area contributed by atoms with Crippen LogP contribution < -0.4 is 0 Å². The molecule has 38 heavy (non-hydrogen) atoms. The van der Waals surface area contributed by atoms with Gasteiger partial charge in [0.1, 0.15) is 31.7 Å². The number of rotatable bonds is 5. The summed E-state index contributed by atoms with van der Waals surface area (Å²) >= 11 is 7.35. The average Bonchev–Trinajstić information content (AvgIpc) is 3.66. The van der Waals surface area contributed by atoms with E-state index in [1.807, 2.05) is 36.7 Å². The van der Waals surface area contributed by atoms with E-state index in [0.29, 0.717) is 35.1 Å². The normalized spacial score (nSPS) is 18.1. The zero-order valence-electron chi connectivity index (χ0n) is 20.7. The van der Waals surface area contributed by atoms with Crippen molar-refractivity contribution in [3.05, 3.63) is 74.8 Å². The SMILES string of the molecule is C=O.Cc1nn(-c2ncccc2Cn2cncn2)cc1CN1CCC2(CC1)OCC(F)(F)c1cc(Cl)sc12. The van der Waals surface area contributed by atoms with Crippen molar-refractivity contribution in [2.75, 3.05) is 19.7 Å². The molecule has 13 heteroatoms. The maximum Gasteiger partial charge on any atom is 0.297 e. The molecule has 1 fully saturated rings. The largest absolute Gasteiger partial charge is 0.363 e. The van der Waals surface area contributed by atoms with Gasteiger partial charge in [-0.15, -0.1) is 11.3 Å². The minimum Gasteiger partial charge on any atom is -0.363 e. The molecular weight excluding hydrogens is 536 g/mol. The van der Waals surface area contributed by atoms with Crippen LogP contribution in [0.5, 0.6) is 0 Å². The fraction of sp³-hybridized carbons (Fsp3) is 0.400. The van der Waals surface area contributed by atoms with Crippen LogP contribution in [-0.2, 0) is 34.1 Å². The van der Waals surface area contributed by atoms with E-state index in [2.05, 4.69) is 20.0 Å². The third kappa shape index (κ3) is 5.00. The van der Waals surface area contributed by atoms with Crippen LogP contribution in [0.25, 0.3) is 5.82 Å². The lowest BCUT2D eigenvalue weighted by Crippen LogP contribution is -2.48. The van der Waals surface area contributed by atoms with Gasteiger partial charge in [0.15, 0.2) is 5.82 Å². The van der Waals surface area contributed by atoms with Gasteiger partial charge in [0.05, 0.1) is 16.6 Å². The highest BCUT2D eigenvalue weighted by Gasteiger charge is 2.51. The van der Waals surface area contributed by atoms with Crippen molar-refractivity contribution in [2.24, 2.45) is 0 Å². The van der Waals surface area contributed by atoms with E-state index in [1.54, 1.807) is 17.2 Å². The van der Waals surface area contributed by atoms with Gasteiger partial charge in [-0.25, -0.2) is 19.3 Å². The summed E-state index contributed by atoms with van der Waals surface area (Å²) in [5.41, 5.74) is 2.35. The van der Waals surface area contributed by atoms with Crippen LogP contribution in [0.15, 0.2) is 43.2 Å². The monoisotopic (exact) mass is 561 g/mol. The lowest BCUT2D eigenvalue weighted by molar-refractivity contribution is -0.182. The molecule has 4 aromatic heterocycles. The molecule has 0 N–H and O–H groups in total. The topological polar surface area (TPSA) is 91.0 Å². The Morgan fingerprint density at radius 1 is 1.21 bits per heavy atom. The second-order valence-electron chi connectivity index (χ2n) is 9.32. The Morgan fingerprint density at radius 2 is 2.00 bits per heavy atom. The third-order valence-electron chi connectivity index (χ3n) is 6.98. The molecule has 0 atom stereocenters. The number of ether oxygens (including phenoxy) is 1. The number of piperidine rings is 1. The van der Waals surface area contributed by atoms with Gasteiger partial charge in [-0.2, -0.15) is 19.0 Å². The molecule has 1 spiro atoms. The first-order chi connectivity index (χ1) is 18.3. The summed E-state index contributed by atoms with van der Waals surface area (Å²) in [6.07, 6.45) is 8.23. The van der Waals surface area contributed by atoms with Crippen molar-refractivity contribution in [1.82, 2.24) is 34.4 Å². The maximum absolute atomic E-state index is 14.4. The standard InChI is InChI=1S/C24H24ClF2N7OS.CH2O/c1-16-18(12-34(31-16)22-17(3-2-6-29-22)11-33-15-28-14-30-33)10-32-7-4-23(5-8-32)21-19(9-20(25)36-21)24(26,27)13-35-23;1-2/h2-3,6,9,12,14-15H,4-5,7-8,10-11,13H2,1H3;1H2. The lowest BCUT2D eigenvalue weighted by Gasteiger charge is -2.45. The van der Waals surface area contributed by atoms with Gasteiger partial charge in [0, 0.05) is 53.6 Å². The molecule has 6 heterocycles. The summed E-state index contributed by atoms with van der Waals surface area (Å²) in [6, 6.07) is 5.31. The van der Waals surface area contributed by atoms with Crippen molar-refractivity contribution in [3.8, 4) is 5.82 Å². The molecule has 0 aromatic carbocycles. The van der Waals surface area contributed by atoms with Gasteiger partial charge in [-0.05, 0) is 31.9 Å². The summed E-state index contributed by atoms with van der Waals surface area (Å²) in [5.74, 6) is -2.25. The zero-order chi connectivity index (χ0) is 26.9. The summed E-state index contributed by atoms with van der Waals surface area (Å²) in [6.45, 7) is 6.10. The number of hydrogen-bond acceptors (Lipinski definition) is 8. The molecule has 0 unspecified atom stereocenters. The summed E-state index contributed by atoms with van der Waals surface area (Å²) in [7, 11) is 0. The maximum atomic E-state index is 14.4. The second kappa shape index (κ2) is 10.6. The predicted octanol–water partition coefficient (Wildman–Crippen LogP) is 4.36. The van der Waals surface area contributed by atoms with Crippen LogP contribution in [-0.4, -0.2) is 60.9 Å². The first-order valence-electron chi connectivity index (χ1n) is 12.0. The molecule has 9 nitrogen and oxygen atoms in total. The second-order valence-corrected chi connectivity index (χ2v) is 11.0. The number of aromatic nitrogens is 6. The van der Waals surface area contributed by atoms with E-state index in [-0.39, 0.29) is 5.56 Å². The number of halogens is 3. The van der Waals surface area contributed by atoms with Crippen molar-refractivity contribution in [1.29, 1.82) is 0 Å². The Kier molecular flexibility index (Phi) is 7.40. The van der Waals surface area contributed by atoms with Gasteiger partial charge < -0.3 is 9.53 Å². The number of hydrogen-bond donors (Lipinski definition) is 0. The molecule has 2 aliphatic heterocycles. The van der Waals surface area contributed by atoms with E-state index in [9.17, 15) is 8.78 Å². The number of nitrogens with zero attached hydrogens (tertiary/aromatic N) is 7. The van der Waals surface area contributed by atoms with Crippen LogP contribution in [0.4, 0.5) is 8.78 Å². The first kappa shape index (κ1) is 26.5. The number of thiophene rings is 1. The van der Waals surface area contributed by atoms with Gasteiger partial charge in [0.2, 0.25) is 0 Å². The number of aryl methyl sites for hydroxylation is 1. The van der Waals surface area contributed by atoms with Gasteiger partial charge in [0.25, 0.3) is 5.92 Å². The van der Waals surface area contributed by atoms with Crippen molar-refractivity contribution < 1.29 is 18.3 Å². The molecule has 2 aliphatic rings. The van der Waals surface area contributed by atoms with Crippen LogP contribution in [0.1, 0.15) is 40.1 Å². The van der Waals surface area contributed by atoms with Crippen molar-refractivity contribution in [3.63, 3.8) is 0 Å². The molecule has 6 rings (SSSR count). The van der Waals surface area contributed by atoms with Crippen molar-refractivity contribution in [2.45, 2.75) is 44.4 Å². The fourth-order valence-corrected chi connectivity index (χ4v) is 6.52. The summed E-state index contributed by atoms with van der Waals surface area (Å²) in [4.78, 5) is 19.5. The Hall–Kier alpha value is -3.06. The predicted molar refractivity (Wildman–Crippen MR) is 138 cm³/mol. The minimum atomic E-state index is -2.99. The first-order valence-corrected chi connectivity index (χ1v) is 13.2. The molecule has 0 amide bonds. The Balaban J connectivity index is 0.00000144. The van der Waals surface area contributed by atoms with Gasteiger partial charge >= 0.3 is 0 Å². The van der Waals surface area contributed by atoms with E-state index in [4.69, 9.17) is 26.2 Å². The minimum absolute atomic E-state index is 0.0337. The van der Waals surface area contributed by atoms with Crippen LogP contribution in [0.3, 0.4) is 0 Å². The summed E-state index contributed by atoms with van der Waals surface area (Å²) in [5, 5.41) is 8.92. The molecule has 0 saturated carbocycles. The summed E-state index contributed by atoms with van der Waals surface area (Å²) < 4.78 is 38.6. The van der Waals surface area contributed by atoms with Crippen LogP contribution in [0.2, 0.25) is 4.34 Å². The third-order valence-corrected chi connectivity index (χ3v) is 8.43. The highest BCUT2D eigenvalue weighted by atomic mass is 35.5. The molecule has 0 bridgehead atoms. The number of fused-ring (bicyclic) bond motifs is 2. The Labute approximate surface area is 227 Å². The zero-order valence-corrected chi connectivity index (χ0v) is 22.3. The van der Waals surface area contributed by atoms with Gasteiger partial charge in [-0.3, -0.25) is 4.90 Å². The highest BCUT2D eigenvalue weighted by Crippen LogP contribution is 2.52. The molecule has 0 aliphatic carbocycles. The fourth-order valence-electron chi connectivity index (χ4n) is 5.04. The molecule has 1 saturated heterocycles. The number of carbonyl (C=O) groups is 1. The number of carbonyl (C=O) groups excluding carboxylic acids is 1. The number of alkyl halides is 2. The molecule has 0 radical (unpaired) electrons. The number of pyridine rings is 1. The van der Waals surface area contributed by atoms with Gasteiger partial charge in [-0.1, -0.05) is 17.7 Å². The van der Waals surface area contributed by atoms with Crippen molar-refractivity contribution >= 4 is 29.7 Å². The van der Waals surface area contributed by atoms with E-state index >= 15 is 0 Å². The van der Waals surface area contributed by atoms with E-state index in [0.717, 1.165) is 35.7 Å². The van der Waals surface area contributed by atoms with Crippen LogP contribution >= 0.6 is 22.9 Å². The van der Waals surface area contributed by atoms with E-state index < -0.39 is 18.1 Å².